The summed E-state index contributed by atoms with van der Waals surface area (Å²) in [7, 11) is 0. The molecule has 1 saturated heterocycles. The quantitative estimate of drug-likeness (QED) is 0.642. The molecule has 0 radical (unpaired) electrons. The standard InChI is InChI=1S/C13H16N4O3/c18-11(9-3-6-14-7-4-9)17-13(20)12(19)16-10-2-1-5-15-8-10/h1-2,5,8-9,14H,3-4,6-7H2,(H,16,19)(H,17,18,20). The Bertz CT molecular complexity index is 498. The molecule has 3 N–H and O–H groups in total. The Kier molecular flexibility index (Phi) is 4.78. The third kappa shape index (κ3) is 3.86. The second-order valence-corrected chi connectivity index (χ2v) is 4.54. The van der Waals surface area contributed by atoms with E-state index in [1.165, 1.54) is 6.20 Å². The molecule has 20 heavy (non-hydrogen) atoms. The Balaban J connectivity index is 1.84. The molecular formula is C13H16N4O3. The SMILES string of the molecule is O=C(NC(=O)C1CCNCC1)C(=O)Nc1cccnc1. The van der Waals surface area contributed by atoms with Crippen molar-refractivity contribution in [2.24, 2.45) is 5.92 Å². The normalized spacial score (nSPS) is 15.4. The lowest BCUT2D eigenvalue weighted by Gasteiger charge is -2.21. The fourth-order valence-corrected chi connectivity index (χ4v) is 1.98. The highest BCUT2D eigenvalue weighted by atomic mass is 16.2. The molecule has 0 aromatic carbocycles. The summed E-state index contributed by atoms with van der Waals surface area (Å²) >= 11 is 0. The molecule has 7 nitrogen and oxygen atoms in total. The molecule has 0 aliphatic carbocycles. The highest BCUT2D eigenvalue weighted by Gasteiger charge is 2.24. The van der Waals surface area contributed by atoms with Crippen molar-refractivity contribution < 1.29 is 14.4 Å². The van der Waals surface area contributed by atoms with Gasteiger partial charge >= 0.3 is 11.8 Å². The Morgan fingerprint density at radius 3 is 2.60 bits per heavy atom. The van der Waals surface area contributed by atoms with E-state index in [9.17, 15) is 14.4 Å². The molecule has 1 aromatic rings. The monoisotopic (exact) mass is 276 g/mol. The van der Waals surface area contributed by atoms with E-state index in [1.807, 2.05) is 0 Å². The minimum Gasteiger partial charge on any atom is -0.317 e. The van der Waals surface area contributed by atoms with Crippen molar-refractivity contribution in [2.75, 3.05) is 18.4 Å². The Morgan fingerprint density at radius 1 is 1.20 bits per heavy atom. The van der Waals surface area contributed by atoms with Gasteiger partial charge in [-0.25, -0.2) is 0 Å². The minimum atomic E-state index is -0.947. The van der Waals surface area contributed by atoms with Gasteiger partial charge < -0.3 is 10.6 Å². The van der Waals surface area contributed by atoms with Crippen molar-refractivity contribution in [3.05, 3.63) is 24.5 Å². The number of imide groups is 1. The van der Waals surface area contributed by atoms with Crippen LogP contribution in [0, 0.1) is 5.92 Å². The van der Waals surface area contributed by atoms with Gasteiger partial charge in [0.15, 0.2) is 0 Å². The number of piperidine rings is 1. The van der Waals surface area contributed by atoms with Gasteiger partial charge in [0.2, 0.25) is 5.91 Å². The number of carbonyl (C=O) groups excluding carboxylic acids is 3. The number of aromatic nitrogens is 1. The summed E-state index contributed by atoms with van der Waals surface area (Å²) in [6.07, 6.45) is 4.31. The largest absolute Gasteiger partial charge is 0.317 e. The van der Waals surface area contributed by atoms with E-state index in [-0.39, 0.29) is 5.92 Å². The molecule has 1 fully saturated rings. The van der Waals surface area contributed by atoms with Gasteiger partial charge in [0.1, 0.15) is 0 Å². The van der Waals surface area contributed by atoms with Gasteiger partial charge in [-0.3, -0.25) is 24.7 Å². The van der Waals surface area contributed by atoms with Gasteiger partial charge in [0.05, 0.1) is 11.9 Å². The van der Waals surface area contributed by atoms with Crippen molar-refractivity contribution >= 4 is 23.4 Å². The summed E-state index contributed by atoms with van der Waals surface area (Å²) in [5.74, 6) is -2.43. The Labute approximate surface area is 116 Å². The topological polar surface area (TPSA) is 100 Å². The van der Waals surface area contributed by atoms with Crippen LogP contribution in [0.5, 0.6) is 0 Å². The number of pyridine rings is 1. The molecule has 2 heterocycles. The molecule has 0 atom stereocenters. The minimum absolute atomic E-state index is 0.216. The van der Waals surface area contributed by atoms with Gasteiger partial charge in [0.25, 0.3) is 0 Å². The number of nitrogens with zero attached hydrogens (tertiary/aromatic N) is 1. The number of rotatable bonds is 2. The third-order valence-corrected chi connectivity index (χ3v) is 3.07. The first-order chi connectivity index (χ1) is 9.66. The molecule has 0 saturated carbocycles. The van der Waals surface area contributed by atoms with Crippen LogP contribution in [-0.4, -0.2) is 35.8 Å². The van der Waals surface area contributed by atoms with Crippen molar-refractivity contribution in [3.8, 4) is 0 Å². The van der Waals surface area contributed by atoms with Crippen LogP contribution >= 0.6 is 0 Å². The number of carbonyl (C=O) groups is 3. The predicted octanol–water partition coefficient (Wildman–Crippen LogP) is -0.338. The summed E-state index contributed by atoms with van der Waals surface area (Å²) in [5.41, 5.74) is 0.405. The van der Waals surface area contributed by atoms with Gasteiger partial charge in [-0.1, -0.05) is 0 Å². The van der Waals surface area contributed by atoms with E-state index in [2.05, 4.69) is 20.9 Å². The first kappa shape index (κ1) is 14.1. The maximum Gasteiger partial charge on any atom is 0.316 e. The van der Waals surface area contributed by atoms with Crippen LogP contribution in [0.15, 0.2) is 24.5 Å². The molecule has 0 spiro atoms. The lowest BCUT2D eigenvalue weighted by atomic mass is 9.97. The van der Waals surface area contributed by atoms with Crippen LogP contribution in [0.1, 0.15) is 12.8 Å². The van der Waals surface area contributed by atoms with E-state index in [4.69, 9.17) is 0 Å². The smallest absolute Gasteiger partial charge is 0.316 e. The zero-order chi connectivity index (χ0) is 14.4. The molecule has 1 aromatic heterocycles. The predicted molar refractivity (Wildman–Crippen MR) is 71.6 cm³/mol. The maximum absolute atomic E-state index is 11.8. The zero-order valence-electron chi connectivity index (χ0n) is 10.9. The van der Waals surface area contributed by atoms with E-state index in [0.29, 0.717) is 18.5 Å². The van der Waals surface area contributed by atoms with Gasteiger partial charge in [-0.2, -0.15) is 0 Å². The van der Waals surface area contributed by atoms with E-state index < -0.39 is 17.7 Å². The number of amides is 3. The molecule has 2 rings (SSSR count). The van der Waals surface area contributed by atoms with Crippen molar-refractivity contribution in [1.29, 1.82) is 0 Å². The second-order valence-electron chi connectivity index (χ2n) is 4.54. The lowest BCUT2D eigenvalue weighted by molar-refractivity contribution is -0.141. The first-order valence-electron chi connectivity index (χ1n) is 6.44. The Morgan fingerprint density at radius 2 is 1.95 bits per heavy atom. The van der Waals surface area contributed by atoms with Crippen LogP contribution in [0.25, 0.3) is 0 Å². The van der Waals surface area contributed by atoms with Crippen LogP contribution in [0.2, 0.25) is 0 Å². The second kappa shape index (κ2) is 6.76. The van der Waals surface area contributed by atoms with Gasteiger partial charge in [0, 0.05) is 12.1 Å². The first-order valence-corrected chi connectivity index (χ1v) is 6.44. The highest BCUT2D eigenvalue weighted by Crippen LogP contribution is 2.11. The molecule has 106 valence electrons. The van der Waals surface area contributed by atoms with Crippen molar-refractivity contribution in [1.82, 2.24) is 15.6 Å². The third-order valence-electron chi connectivity index (χ3n) is 3.07. The van der Waals surface area contributed by atoms with Crippen LogP contribution < -0.4 is 16.0 Å². The van der Waals surface area contributed by atoms with Gasteiger partial charge in [-0.05, 0) is 38.1 Å². The number of nitrogens with one attached hydrogen (secondary N) is 3. The van der Waals surface area contributed by atoms with Crippen LogP contribution in [0.3, 0.4) is 0 Å². The zero-order valence-corrected chi connectivity index (χ0v) is 10.9. The molecule has 0 unspecified atom stereocenters. The summed E-state index contributed by atoms with van der Waals surface area (Å²) < 4.78 is 0. The molecule has 7 heteroatoms. The lowest BCUT2D eigenvalue weighted by Crippen LogP contribution is -2.44. The molecular weight excluding hydrogens is 260 g/mol. The summed E-state index contributed by atoms with van der Waals surface area (Å²) in [4.78, 5) is 38.9. The maximum atomic E-state index is 11.8. The van der Waals surface area contributed by atoms with Crippen molar-refractivity contribution in [3.63, 3.8) is 0 Å². The molecule has 3 amide bonds. The van der Waals surface area contributed by atoms with E-state index in [0.717, 1.165) is 13.1 Å². The average Bonchev–Trinajstić information content (AvgIpc) is 2.49. The summed E-state index contributed by atoms with van der Waals surface area (Å²) in [6.45, 7) is 1.49. The highest BCUT2D eigenvalue weighted by molar-refractivity contribution is 6.41. The Hall–Kier alpha value is -2.28. The van der Waals surface area contributed by atoms with Crippen LogP contribution in [-0.2, 0) is 14.4 Å². The fourth-order valence-electron chi connectivity index (χ4n) is 1.98. The van der Waals surface area contributed by atoms with E-state index in [1.54, 1.807) is 18.3 Å². The summed E-state index contributed by atoms with van der Waals surface area (Å²) in [5, 5.41) is 7.63. The molecule has 1 aliphatic rings. The van der Waals surface area contributed by atoms with Crippen LogP contribution in [0.4, 0.5) is 5.69 Å². The van der Waals surface area contributed by atoms with Gasteiger partial charge in [-0.15, -0.1) is 0 Å². The van der Waals surface area contributed by atoms with Crippen molar-refractivity contribution in [2.45, 2.75) is 12.8 Å². The number of hydrogen-bond acceptors (Lipinski definition) is 5. The summed E-state index contributed by atoms with van der Waals surface area (Å²) in [6, 6.07) is 3.24. The van der Waals surface area contributed by atoms with E-state index >= 15 is 0 Å². The number of hydrogen-bond donors (Lipinski definition) is 3. The fraction of sp³-hybridized carbons (Fsp3) is 0.385. The molecule has 0 bridgehead atoms. The average molecular weight is 276 g/mol. The number of anilines is 1. The molecule has 1 aliphatic heterocycles.